The summed E-state index contributed by atoms with van der Waals surface area (Å²) in [5.41, 5.74) is 3.06. The Labute approximate surface area is 235 Å². The number of aryl methyl sites for hydroxylation is 1. The molecule has 0 saturated carbocycles. The second-order valence-electron chi connectivity index (χ2n) is 10.8. The maximum Gasteiger partial charge on any atom is 0.228 e. The van der Waals surface area contributed by atoms with Crippen LogP contribution in [0, 0.1) is 5.92 Å². The lowest BCUT2D eigenvalue weighted by Crippen LogP contribution is -2.48. The van der Waals surface area contributed by atoms with Crippen LogP contribution >= 0.6 is 0 Å². The van der Waals surface area contributed by atoms with Crippen molar-refractivity contribution in [3.05, 3.63) is 59.8 Å². The van der Waals surface area contributed by atoms with Gasteiger partial charge < -0.3 is 24.6 Å². The Hall–Kier alpha value is -3.41. The number of hydrogen-bond donors (Lipinski definition) is 2. The Balaban J connectivity index is 1.61. The molecule has 0 aliphatic carbocycles. The van der Waals surface area contributed by atoms with Crippen molar-refractivity contribution in [2.75, 3.05) is 38.3 Å². The molecule has 1 aliphatic heterocycles. The van der Waals surface area contributed by atoms with Crippen molar-refractivity contribution in [3.8, 4) is 5.75 Å². The number of benzene rings is 2. The lowest BCUT2D eigenvalue weighted by Gasteiger charge is -2.33. The summed E-state index contributed by atoms with van der Waals surface area (Å²) in [6.07, 6.45) is 2.73. The maximum atomic E-state index is 13.4. The number of fused-ring (bicyclic) bond motifs is 2. The van der Waals surface area contributed by atoms with Crippen LogP contribution < -0.4 is 10.1 Å². The maximum absolute atomic E-state index is 13.4. The molecule has 0 saturated heterocycles. The molecule has 11 heteroatoms. The van der Waals surface area contributed by atoms with Gasteiger partial charge in [0, 0.05) is 54.9 Å². The average Bonchev–Trinajstić information content (AvgIpc) is 3.22. The van der Waals surface area contributed by atoms with Crippen LogP contribution in [0.5, 0.6) is 5.75 Å². The fourth-order valence-corrected chi connectivity index (χ4v) is 5.48. The molecular weight excluding hydrogens is 532 g/mol. The summed E-state index contributed by atoms with van der Waals surface area (Å²) in [5, 5.41) is 13.8. The number of carbonyl (C=O) groups excluding carboxylic acids is 2. The zero-order valence-corrected chi connectivity index (χ0v) is 24.4. The number of amides is 2. The van der Waals surface area contributed by atoms with Crippen molar-refractivity contribution in [1.82, 2.24) is 13.8 Å². The van der Waals surface area contributed by atoms with Gasteiger partial charge in [0.25, 0.3) is 0 Å². The average molecular weight is 571 g/mol. The highest BCUT2D eigenvalue weighted by Gasteiger charge is 2.32. The van der Waals surface area contributed by atoms with E-state index in [2.05, 4.69) is 5.32 Å². The fourth-order valence-electron chi connectivity index (χ4n) is 5.06. The molecule has 4 rings (SSSR count). The monoisotopic (exact) mass is 570 g/mol. The first-order valence-corrected chi connectivity index (χ1v) is 15.2. The molecule has 0 spiro atoms. The SMILES string of the molecule is C[C@@H]1CN([C@H](C)CO)C(=O)Cc2cc(NC(=O)Cc3cn(C)c4ccccc34)ccc2O[C@H]1CN(C)S(C)(=O)=O. The number of aromatic nitrogens is 1. The van der Waals surface area contributed by atoms with E-state index in [9.17, 15) is 23.1 Å². The molecule has 0 fully saturated rings. The second kappa shape index (κ2) is 12.0. The standard InChI is InChI=1S/C29H38N4O6S/c1-19-15-33(20(2)18-34)29(36)14-21-12-23(10-11-26(21)39-27(19)17-32(4)40(5,37)38)30-28(35)13-22-16-31(3)25-9-7-6-8-24(22)25/h6-12,16,19-20,27,34H,13-15,17-18H2,1-5H3,(H,30,35)/t19-,20-,27+/m1/s1. The van der Waals surface area contributed by atoms with E-state index >= 15 is 0 Å². The van der Waals surface area contributed by atoms with E-state index in [1.165, 1.54) is 11.4 Å². The van der Waals surface area contributed by atoms with Crippen LogP contribution in [0.2, 0.25) is 0 Å². The van der Waals surface area contributed by atoms with E-state index in [-0.39, 0.29) is 43.7 Å². The van der Waals surface area contributed by atoms with Gasteiger partial charge in [0.1, 0.15) is 11.9 Å². The van der Waals surface area contributed by atoms with E-state index in [0.29, 0.717) is 23.5 Å². The highest BCUT2D eigenvalue weighted by atomic mass is 32.2. The van der Waals surface area contributed by atoms with E-state index in [1.807, 2.05) is 49.0 Å². The summed E-state index contributed by atoms with van der Waals surface area (Å²) in [6.45, 7) is 3.86. The third kappa shape index (κ3) is 6.65. The Bertz CT molecular complexity index is 1500. The Morgan fingerprint density at radius 3 is 2.67 bits per heavy atom. The van der Waals surface area contributed by atoms with E-state index in [4.69, 9.17) is 4.74 Å². The summed E-state index contributed by atoms with van der Waals surface area (Å²) in [5.74, 6) is -0.149. The number of ether oxygens (including phenoxy) is 1. The fraction of sp³-hybridized carbons (Fsp3) is 0.448. The van der Waals surface area contributed by atoms with Crippen LogP contribution in [0.25, 0.3) is 10.9 Å². The third-order valence-electron chi connectivity index (χ3n) is 7.53. The van der Waals surface area contributed by atoms with Crippen molar-refractivity contribution in [2.45, 2.75) is 38.8 Å². The topological polar surface area (TPSA) is 121 Å². The number of aliphatic hydroxyl groups is 1. The zero-order valence-electron chi connectivity index (χ0n) is 23.6. The molecular formula is C29H38N4O6S. The van der Waals surface area contributed by atoms with Crippen LogP contribution in [0.4, 0.5) is 5.69 Å². The highest BCUT2D eigenvalue weighted by molar-refractivity contribution is 7.88. The van der Waals surface area contributed by atoms with Gasteiger partial charge in [0.05, 0.1) is 38.3 Å². The number of nitrogens with zero attached hydrogens (tertiary/aromatic N) is 3. The number of hydrogen-bond acceptors (Lipinski definition) is 6. The normalized spacial score (nSPS) is 19.0. The van der Waals surface area contributed by atoms with Crippen LogP contribution in [0.1, 0.15) is 25.0 Å². The summed E-state index contributed by atoms with van der Waals surface area (Å²) in [7, 11) is -0.0146. The second-order valence-corrected chi connectivity index (χ2v) is 12.9. The number of likely N-dealkylation sites (N-methyl/N-ethyl adjacent to an activating group) is 1. The number of para-hydroxylation sites is 1. The first-order chi connectivity index (χ1) is 18.9. The van der Waals surface area contributed by atoms with Crippen LogP contribution in [-0.4, -0.2) is 84.3 Å². The predicted octanol–water partition coefficient (Wildman–Crippen LogP) is 2.40. The van der Waals surface area contributed by atoms with Gasteiger partial charge >= 0.3 is 0 Å². The summed E-state index contributed by atoms with van der Waals surface area (Å²) >= 11 is 0. The van der Waals surface area contributed by atoms with E-state index in [0.717, 1.165) is 22.7 Å². The molecule has 2 aromatic carbocycles. The number of carbonyl (C=O) groups is 2. The lowest BCUT2D eigenvalue weighted by molar-refractivity contribution is -0.134. The van der Waals surface area contributed by atoms with Crippen molar-refractivity contribution < 1.29 is 27.9 Å². The smallest absolute Gasteiger partial charge is 0.228 e. The molecule has 0 bridgehead atoms. The van der Waals surface area contributed by atoms with Crippen molar-refractivity contribution in [1.29, 1.82) is 0 Å². The Kier molecular flexibility index (Phi) is 8.86. The summed E-state index contributed by atoms with van der Waals surface area (Å²) in [6, 6.07) is 12.6. The molecule has 0 radical (unpaired) electrons. The van der Waals surface area contributed by atoms with Gasteiger partial charge in [-0.2, -0.15) is 0 Å². The van der Waals surface area contributed by atoms with Gasteiger partial charge in [-0.05, 0) is 36.8 Å². The lowest BCUT2D eigenvalue weighted by atomic mass is 10.0. The third-order valence-corrected chi connectivity index (χ3v) is 8.82. The molecule has 40 heavy (non-hydrogen) atoms. The first-order valence-electron chi connectivity index (χ1n) is 13.3. The molecule has 2 amide bonds. The van der Waals surface area contributed by atoms with Crippen LogP contribution in [0.3, 0.4) is 0 Å². The molecule has 3 aromatic rings. The van der Waals surface area contributed by atoms with E-state index in [1.54, 1.807) is 30.0 Å². The van der Waals surface area contributed by atoms with Gasteiger partial charge in [-0.15, -0.1) is 0 Å². The molecule has 3 atom stereocenters. The van der Waals surface area contributed by atoms with Crippen molar-refractivity contribution >= 4 is 38.4 Å². The highest BCUT2D eigenvalue weighted by Crippen LogP contribution is 2.30. The number of anilines is 1. The number of rotatable bonds is 8. The summed E-state index contributed by atoms with van der Waals surface area (Å²) in [4.78, 5) is 28.0. The molecule has 2 N–H and O–H groups in total. The van der Waals surface area contributed by atoms with E-state index < -0.39 is 22.2 Å². The van der Waals surface area contributed by atoms with Gasteiger partial charge in [-0.25, -0.2) is 12.7 Å². The zero-order chi connectivity index (χ0) is 29.2. The number of sulfonamides is 1. The van der Waals surface area contributed by atoms with Gasteiger partial charge in [-0.1, -0.05) is 25.1 Å². The van der Waals surface area contributed by atoms with Crippen LogP contribution in [-0.2, 0) is 39.5 Å². The molecule has 10 nitrogen and oxygen atoms in total. The first kappa shape index (κ1) is 29.6. The van der Waals surface area contributed by atoms with Gasteiger partial charge in [0.2, 0.25) is 21.8 Å². The molecule has 216 valence electrons. The van der Waals surface area contributed by atoms with Gasteiger partial charge in [0.15, 0.2) is 0 Å². The van der Waals surface area contributed by atoms with Crippen molar-refractivity contribution in [3.63, 3.8) is 0 Å². The number of aliphatic hydroxyl groups excluding tert-OH is 1. The number of nitrogens with one attached hydrogen (secondary N) is 1. The minimum Gasteiger partial charge on any atom is -0.488 e. The van der Waals surface area contributed by atoms with Crippen LogP contribution in [0.15, 0.2) is 48.7 Å². The molecule has 1 aliphatic rings. The van der Waals surface area contributed by atoms with Crippen molar-refractivity contribution in [2.24, 2.45) is 13.0 Å². The summed E-state index contributed by atoms with van der Waals surface area (Å²) < 4.78 is 33.8. The quantitative estimate of drug-likeness (QED) is 0.429. The minimum atomic E-state index is -3.45. The Morgan fingerprint density at radius 1 is 1.25 bits per heavy atom. The minimum absolute atomic E-state index is 0.00800. The van der Waals surface area contributed by atoms with Gasteiger partial charge in [-0.3, -0.25) is 9.59 Å². The molecule has 1 aromatic heterocycles. The Morgan fingerprint density at radius 2 is 1.98 bits per heavy atom. The molecule has 2 heterocycles. The largest absolute Gasteiger partial charge is 0.488 e. The predicted molar refractivity (Wildman–Crippen MR) is 155 cm³/mol. The molecule has 0 unspecified atom stereocenters.